The van der Waals surface area contributed by atoms with E-state index in [1.165, 1.54) is 0 Å². The monoisotopic (exact) mass is 238 g/mol. The maximum Gasteiger partial charge on any atom is 0.259 e. The summed E-state index contributed by atoms with van der Waals surface area (Å²) >= 11 is 0. The van der Waals surface area contributed by atoms with Crippen molar-refractivity contribution in [3.05, 3.63) is 59.9 Å². The van der Waals surface area contributed by atoms with E-state index in [4.69, 9.17) is 0 Å². The van der Waals surface area contributed by atoms with Crippen molar-refractivity contribution in [2.75, 3.05) is 4.90 Å². The van der Waals surface area contributed by atoms with Crippen LogP contribution in [0.4, 0.5) is 5.69 Å². The Balaban J connectivity index is 2.11. The van der Waals surface area contributed by atoms with Crippen molar-refractivity contribution in [1.29, 1.82) is 0 Å². The van der Waals surface area contributed by atoms with E-state index in [1.807, 2.05) is 41.3 Å². The normalized spacial score (nSPS) is 17.9. The van der Waals surface area contributed by atoms with E-state index in [0.29, 0.717) is 0 Å². The molecule has 90 valence electrons. The van der Waals surface area contributed by atoms with Gasteiger partial charge in [0.05, 0.1) is 17.9 Å². The number of benzene rings is 1. The number of fused-ring (bicyclic) bond motifs is 1. The number of rotatable bonds is 2. The van der Waals surface area contributed by atoms with Crippen molar-refractivity contribution in [3.8, 4) is 0 Å². The molecule has 0 radical (unpaired) electrons. The third-order valence-electron chi connectivity index (χ3n) is 3.39. The molecule has 2 heterocycles. The van der Waals surface area contributed by atoms with Crippen molar-refractivity contribution >= 4 is 11.6 Å². The van der Waals surface area contributed by atoms with Gasteiger partial charge in [0.25, 0.3) is 5.91 Å². The molecule has 3 nitrogen and oxygen atoms in total. The Bertz CT molecular complexity index is 580. The van der Waals surface area contributed by atoms with Crippen LogP contribution in [0, 0.1) is 0 Å². The minimum atomic E-state index is 0.0745. The van der Waals surface area contributed by atoms with Crippen molar-refractivity contribution in [3.63, 3.8) is 0 Å². The van der Waals surface area contributed by atoms with Crippen LogP contribution < -0.4 is 4.90 Å². The SMILES string of the molecule is CCC1c2ccccc2C(=O)N1c1cccnc1. The number of carbonyl (C=O) groups is 1. The average molecular weight is 238 g/mol. The van der Waals surface area contributed by atoms with Gasteiger partial charge in [-0.15, -0.1) is 0 Å². The fraction of sp³-hybridized carbons (Fsp3) is 0.200. The number of aromatic nitrogens is 1. The predicted octanol–water partition coefficient (Wildman–Crippen LogP) is 3.19. The summed E-state index contributed by atoms with van der Waals surface area (Å²) in [5, 5.41) is 0. The number of hydrogen-bond donors (Lipinski definition) is 0. The molecular formula is C15H14N2O. The maximum absolute atomic E-state index is 12.5. The minimum Gasteiger partial charge on any atom is -0.299 e. The molecule has 0 fully saturated rings. The molecule has 1 aliphatic rings. The lowest BCUT2D eigenvalue weighted by Gasteiger charge is -2.23. The van der Waals surface area contributed by atoms with Gasteiger partial charge in [-0.25, -0.2) is 0 Å². The Kier molecular flexibility index (Phi) is 2.59. The molecule has 1 aromatic heterocycles. The van der Waals surface area contributed by atoms with Gasteiger partial charge in [0.2, 0.25) is 0 Å². The number of anilines is 1. The van der Waals surface area contributed by atoms with E-state index in [0.717, 1.165) is 23.2 Å². The van der Waals surface area contributed by atoms with Crippen LogP contribution in [0.2, 0.25) is 0 Å². The van der Waals surface area contributed by atoms with Crippen LogP contribution in [-0.2, 0) is 0 Å². The second-order valence-electron chi connectivity index (χ2n) is 4.40. The summed E-state index contributed by atoms with van der Waals surface area (Å²) in [6.07, 6.45) is 4.36. The van der Waals surface area contributed by atoms with Crippen molar-refractivity contribution in [2.24, 2.45) is 0 Å². The van der Waals surface area contributed by atoms with E-state index in [1.54, 1.807) is 12.4 Å². The molecule has 1 amide bonds. The highest BCUT2D eigenvalue weighted by molar-refractivity contribution is 6.10. The summed E-state index contributed by atoms with van der Waals surface area (Å²) in [4.78, 5) is 18.4. The van der Waals surface area contributed by atoms with Crippen molar-refractivity contribution in [2.45, 2.75) is 19.4 Å². The van der Waals surface area contributed by atoms with Gasteiger partial charge in [-0.05, 0) is 30.2 Å². The highest BCUT2D eigenvalue weighted by atomic mass is 16.2. The average Bonchev–Trinajstić information content (AvgIpc) is 2.73. The van der Waals surface area contributed by atoms with Gasteiger partial charge in [-0.2, -0.15) is 0 Å². The molecular weight excluding hydrogens is 224 g/mol. The third-order valence-corrected chi connectivity index (χ3v) is 3.39. The molecule has 1 atom stereocenters. The second kappa shape index (κ2) is 4.26. The third kappa shape index (κ3) is 1.51. The first kappa shape index (κ1) is 11.0. The molecule has 1 aromatic carbocycles. The van der Waals surface area contributed by atoms with Gasteiger partial charge >= 0.3 is 0 Å². The van der Waals surface area contributed by atoms with Gasteiger partial charge in [-0.1, -0.05) is 25.1 Å². The molecule has 3 rings (SSSR count). The van der Waals surface area contributed by atoms with Gasteiger partial charge < -0.3 is 0 Å². The highest BCUT2D eigenvalue weighted by Crippen LogP contribution is 2.38. The first-order valence-corrected chi connectivity index (χ1v) is 6.15. The van der Waals surface area contributed by atoms with E-state index in [9.17, 15) is 4.79 Å². The van der Waals surface area contributed by atoms with Gasteiger partial charge in [0.15, 0.2) is 0 Å². The summed E-state index contributed by atoms with van der Waals surface area (Å²) < 4.78 is 0. The van der Waals surface area contributed by atoms with Crippen LogP contribution in [-0.4, -0.2) is 10.9 Å². The summed E-state index contributed by atoms with van der Waals surface area (Å²) in [7, 11) is 0. The van der Waals surface area contributed by atoms with Crippen LogP contribution in [0.25, 0.3) is 0 Å². The largest absolute Gasteiger partial charge is 0.299 e. The lowest BCUT2D eigenvalue weighted by atomic mass is 10.0. The van der Waals surface area contributed by atoms with Crippen LogP contribution >= 0.6 is 0 Å². The highest BCUT2D eigenvalue weighted by Gasteiger charge is 2.36. The zero-order chi connectivity index (χ0) is 12.5. The van der Waals surface area contributed by atoms with E-state index >= 15 is 0 Å². The summed E-state index contributed by atoms with van der Waals surface area (Å²) in [5.74, 6) is 0.0745. The molecule has 1 unspecified atom stereocenters. The molecule has 0 spiro atoms. The number of amides is 1. The standard InChI is InChI=1S/C15H14N2O/c1-2-14-12-7-3-4-8-13(12)15(18)17(14)11-6-5-9-16-10-11/h3-10,14H,2H2,1H3. The van der Waals surface area contributed by atoms with Gasteiger partial charge in [0.1, 0.15) is 0 Å². The Morgan fingerprint density at radius 3 is 2.78 bits per heavy atom. The summed E-state index contributed by atoms with van der Waals surface area (Å²) in [6, 6.07) is 11.8. The van der Waals surface area contributed by atoms with Crippen LogP contribution in [0.3, 0.4) is 0 Å². The van der Waals surface area contributed by atoms with Gasteiger partial charge in [-0.3, -0.25) is 14.7 Å². The summed E-state index contributed by atoms with van der Waals surface area (Å²) in [5.41, 5.74) is 2.80. The molecule has 1 aliphatic heterocycles. The molecule has 0 saturated heterocycles. The zero-order valence-corrected chi connectivity index (χ0v) is 10.2. The van der Waals surface area contributed by atoms with Crippen LogP contribution in [0.15, 0.2) is 48.8 Å². The van der Waals surface area contributed by atoms with Crippen LogP contribution in [0.5, 0.6) is 0 Å². The molecule has 3 heteroatoms. The topological polar surface area (TPSA) is 33.2 Å². The quantitative estimate of drug-likeness (QED) is 0.805. The molecule has 0 N–H and O–H groups in total. The van der Waals surface area contributed by atoms with Crippen molar-refractivity contribution in [1.82, 2.24) is 4.98 Å². The summed E-state index contributed by atoms with van der Waals surface area (Å²) in [6.45, 7) is 2.10. The molecule has 18 heavy (non-hydrogen) atoms. The first-order chi connectivity index (χ1) is 8.83. The Morgan fingerprint density at radius 2 is 2.06 bits per heavy atom. The lowest BCUT2D eigenvalue weighted by Crippen LogP contribution is -2.27. The molecule has 2 aromatic rings. The molecule has 0 aliphatic carbocycles. The fourth-order valence-corrected chi connectivity index (χ4v) is 2.59. The second-order valence-corrected chi connectivity index (χ2v) is 4.40. The van der Waals surface area contributed by atoms with Crippen molar-refractivity contribution < 1.29 is 4.79 Å². The van der Waals surface area contributed by atoms with E-state index < -0.39 is 0 Å². The maximum atomic E-state index is 12.5. The Hall–Kier alpha value is -2.16. The number of hydrogen-bond acceptors (Lipinski definition) is 2. The Labute approximate surface area is 106 Å². The number of pyridine rings is 1. The number of nitrogens with zero attached hydrogens (tertiary/aromatic N) is 2. The first-order valence-electron chi connectivity index (χ1n) is 6.15. The van der Waals surface area contributed by atoms with E-state index in [2.05, 4.69) is 11.9 Å². The van der Waals surface area contributed by atoms with Crippen LogP contribution in [0.1, 0.15) is 35.3 Å². The smallest absolute Gasteiger partial charge is 0.259 e. The number of carbonyl (C=O) groups excluding carboxylic acids is 1. The zero-order valence-electron chi connectivity index (χ0n) is 10.2. The predicted molar refractivity (Wildman–Crippen MR) is 70.5 cm³/mol. The minimum absolute atomic E-state index is 0.0745. The molecule has 0 saturated carbocycles. The lowest BCUT2D eigenvalue weighted by molar-refractivity contribution is 0.0990. The van der Waals surface area contributed by atoms with Gasteiger partial charge in [0, 0.05) is 11.8 Å². The van der Waals surface area contributed by atoms with E-state index in [-0.39, 0.29) is 11.9 Å². The fourth-order valence-electron chi connectivity index (χ4n) is 2.59. The Morgan fingerprint density at radius 1 is 1.22 bits per heavy atom. The molecule has 0 bridgehead atoms.